The molecule has 0 saturated carbocycles. The Morgan fingerprint density at radius 3 is 2.50 bits per heavy atom. The van der Waals surface area contributed by atoms with E-state index in [1.807, 2.05) is 6.07 Å². The van der Waals surface area contributed by atoms with Gasteiger partial charge in [-0.2, -0.15) is 0 Å². The predicted molar refractivity (Wildman–Crippen MR) is 78.2 cm³/mol. The molecule has 1 aromatic heterocycles. The Morgan fingerprint density at radius 1 is 1.17 bits per heavy atom. The Bertz CT molecular complexity index is 570. The Morgan fingerprint density at radius 2 is 1.89 bits per heavy atom. The zero-order valence-electron chi connectivity index (χ0n) is 10.9. The van der Waals surface area contributed by atoms with E-state index in [1.165, 1.54) is 5.56 Å². The topological polar surface area (TPSA) is 28.7 Å². The second kappa shape index (κ2) is 5.91. The zero-order chi connectivity index (χ0) is 13.0. The molecule has 2 aromatic rings. The van der Waals surface area contributed by atoms with Crippen LogP contribution in [0.15, 0.2) is 30.3 Å². The van der Waals surface area contributed by atoms with E-state index in [4.69, 9.17) is 12.2 Å². The lowest BCUT2D eigenvalue weighted by atomic mass is 10.1. The molecule has 0 aliphatic rings. The summed E-state index contributed by atoms with van der Waals surface area (Å²) in [5.74, 6) is 0.972. The Kier molecular flexibility index (Phi) is 4.26. The second-order valence-corrected chi connectivity index (χ2v) is 4.80. The number of H-pyrrole nitrogens is 1. The molecule has 3 heteroatoms. The minimum Gasteiger partial charge on any atom is -0.343 e. The van der Waals surface area contributed by atoms with Gasteiger partial charge in [-0.05, 0) is 30.0 Å². The van der Waals surface area contributed by atoms with Crippen LogP contribution in [0, 0.1) is 4.64 Å². The molecule has 0 saturated heterocycles. The van der Waals surface area contributed by atoms with Gasteiger partial charge in [0.05, 0.1) is 0 Å². The van der Waals surface area contributed by atoms with Crippen LogP contribution >= 0.6 is 12.2 Å². The first-order valence-corrected chi connectivity index (χ1v) is 6.83. The molecule has 0 unspecified atom stereocenters. The largest absolute Gasteiger partial charge is 0.343 e. The highest BCUT2D eigenvalue weighted by molar-refractivity contribution is 7.71. The standard InChI is InChI=1S/C15H18N2S/c1-3-5-14-16-13(10-15(18)17-14)12-8-6-11(4-2)7-9-12/h6-10H,3-5H2,1-2H3,(H,16,17,18). The third-order valence-electron chi connectivity index (χ3n) is 2.95. The van der Waals surface area contributed by atoms with Crippen molar-refractivity contribution in [1.82, 2.24) is 9.97 Å². The van der Waals surface area contributed by atoms with Crippen molar-refractivity contribution in [3.05, 3.63) is 46.4 Å². The van der Waals surface area contributed by atoms with Gasteiger partial charge in [0.25, 0.3) is 0 Å². The van der Waals surface area contributed by atoms with Crippen molar-refractivity contribution >= 4 is 12.2 Å². The van der Waals surface area contributed by atoms with Crippen LogP contribution in [0.25, 0.3) is 11.3 Å². The zero-order valence-corrected chi connectivity index (χ0v) is 11.7. The van der Waals surface area contributed by atoms with Crippen LogP contribution in [0.3, 0.4) is 0 Å². The van der Waals surface area contributed by atoms with E-state index in [-0.39, 0.29) is 0 Å². The summed E-state index contributed by atoms with van der Waals surface area (Å²) >= 11 is 5.22. The van der Waals surface area contributed by atoms with E-state index in [1.54, 1.807) is 0 Å². The van der Waals surface area contributed by atoms with Gasteiger partial charge in [-0.15, -0.1) is 0 Å². The van der Waals surface area contributed by atoms with Gasteiger partial charge in [0.2, 0.25) is 0 Å². The molecule has 2 nitrogen and oxygen atoms in total. The number of aromatic nitrogens is 2. The highest BCUT2D eigenvalue weighted by atomic mass is 32.1. The number of nitrogens with zero attached hydrogens (tertiary/aromatic N) is 1. The summed E-state index contributed by atoms with van der Waals surface area (Å²) in [5.41, 5.74) is 3.57. The molecule has 18 heavy (non-hydrogen) atoms. The third-order valence-corrected chi connectivity index (χ3v) is 3.16. The molecule has 1 aromatic carbocycles. The van der Waals surface area contributed by atoms with Crippen molar-refractivity contribution in [3.8, 4) is 11.3 Å². The summed E-state index contributed by atoms with van der Waals surface area (Å²) in [6.45, 7) is 4.30. The number of aromatic amines is 1. The van der Waals surface area contributed by atoms with Crippen LogP contribution in [0.5, 0.6) is 0 Å². The van der Waals surface area contributed by atoms with Crippen LogP contribution in [-0.2, 0) is 12.8 Å². The predicted octanol–water partition coefficient (Wildman–Crippen LogP) is 4.32. The summed E-state index contributed by atoms with van der Waals surface area (Å²) in [4.78, 5) is 7.70. The molecule has 2 rings (SSSR count). The monoisotopic (exact) mass is 258 g/mol. The summed E-state index contributed by atoms with van der Waals surface area (Å²) in [7, 11) is 0. The van der Waals surface area contributed by atoms with Gasteiger partial charge < -0.3 is 4.98 Å². The van der Waals surface area contributed by atoms with Gasteiger partial charge in [-0.1, -0.05) is 50.3 Å². The lowest BCUT2D eigenvalue weighted by Gasteiger charge is -2.06. The van der Waals surface area contributed by atoms with E-state index < -0.39 is 0 Å². The summed E-state index contributed by atoms with van der Waals surface area (Å²) in [6, 6.07) is 10.5. The van der Waals surface area contributed by atoms with Gasteiger partial charge in [-0.25, -0.2) is 4.98 Å². The molecule has 0 aliphatic heterocycles. The van der Waals surface area contributed by atoms with Crippen LogP contribution in [0.4, 0.5) is 0 Å². The van der Waals surface area contributed by atoms with Gasteiger partial charge in [0.1, 0.15) is 10.5 Å². The Balaban J connectivity index is 2.39. The Hall–Kier alpha value is -1.48. The van der Waals surface area contributed by atoms with E-state index in [2.05, 4.69) is 48.1 Å². The van der Waals surface area contributed by atoms with Crippen molar-refractivity contribution in [2.45, 2.75) is 33.1 Å². The van der Waals surface area contributed by atoms with Crippen LogP contribution in [0.1, 0.15) is 31.7 Å². The molecule has 0 bridgehead atoms. The normalized spacial score (nSPS) is 10.6. The van der Waals surface area contributed by atoms with Gasteiger partial charge in [0.15, 0.2) is 0 Å². The molecule has 0 atom stereocenters. The van der Waals surface area contributed by atoms with Crippen molar-refractivity contribution in [2.75, 3.05) is 0 Å². The molecular weight excluding hydrogens is 240 g/mol. The molecule has 1 N–H and O–H groups in total. The van der Waals surface area contributed by atoms with Crippen LogP contribution in [-0.4, -0.2) is 9.97 Å². The lowest BCUT2D eigenvalue weighted by molar-refractivity contribution is 0.833. The summed E-state index contributed by atoms with van der Waals surface area (Å²) in [5, 5.41) is 0. The summed E-state index contributed by atoms with van der Waals surface area (Å²) in [6.07, 6.45) is 3.06. The number of hydrogen-bond acceptors (Lipinski definition) is 2. The minimum absolute atomic E-state index is 0.659. The number of aryl methyl sites for hydroxylation is 2. The lowest BCUT2D eigenvalue weighted by Crippen LogP contribution is -1.97. The first kappa shape index (κ1) is 13.0. The van der Waals surface area contributed by atoms with Gasteiger partial charge in [-0.3, -0.25) is 0 Å². The van der Waals surface area contributed by atoms with E-state index in [0.29, 0.717) is 4.64 Å². The third kappa shape index (κ3) is 3.05. The SMILES string of the molecule is CCCc1nc(=S)cc(-c2ccc(CC)cc2)[nH]1. The fourth-order valence-corrected chi connectivity index (χ4v) is 2.17. The van der Waals surface area contributed by atoms with Crippen molar-refractivity contribution in [1.29, 1.82) is 0 Å². The molecule has 94 valence electrons. The van der Waals surface area contributed by atoms with Crippen molar-refractivity contribution in [3.63, 3.8) is 0 Å². The van der Waals surface area contributed by atoms with E-state index >= 15 is 0 Å². The summed E-state index contributed by atoms with van der Waals surface area (Å²) < 4.78 is 0.659. The average molecular weight is 258 g/mol. The van der Waals surface area contributed by atoms with Gasteiger partial charge in [0, 0.05) is 12.1 Å². The molecule has 0 amide bonds. The average Bonchev–Trinajstić information content (AvgIpc) is 2.38. The Labute approximate surface area is 113 Å². The highest BCUT2D eigenvalue weighted by Gasteiger charge is 2.01. The van der Waals surface area contributed by atoms with Crippen molar-refractivity contribution in [2.24, 2.45) is 0 Å². The molecule has 0 aliphatic carbocycles. The smallest absolute Gasteiger partial charge is 0.130 e. The maximum Gasteiger partial charge on any atom is 0.130 e. The molecule has 0 fully saturated rings. The van der Waals surface area contributed by atoms with Crippen LogP contribution < -0.4 is 0 Å². The molecular formula is C15H18N2S. The maximum absolute atomic E-state index is 5.22. The number of nitrogens with one attached hydrogen (secondary N) is 1. The number of rotatable bonds is 4. The highest BCUT2D eigenvalue weighted by Crippen LogP contribution is 2.18. The minimum atomic E-state index is 0.659. The first-order valence-electron chi connectivity index (χ1n) is 6.42. The number of benzene rings is 1. The number of hydrogen-bond donors (Lipinski definition) is 1. The van der Waals surface area contributed by atoms with Crippen molar-refractivity contribution < 1.29 is 0 Å². The second-order valence-electron chi connectivity index (χ2n) is 4.38. The van der Waals surface area contributed by atoms with Gasteiger partial charge >= 0.3 is 0 Å². The van der Waals surface area contributed by atoms with Crippen LogP contribution in [0.2, 0.25) is 0 Å². The fraction of sp³-hybridized carbons (Fsp3) is 0.333. The quantitative estimate of drug-likeness (QED) is 0.827. The molecule has 0 spiro atoms. The first-order chi connectivity index (χ1) is 8.72. The maximum atomic E-state index is 5.22. The van der Waals surface area contributed by atoms with E-state index in [0.717, 1.165) is 36.3 Å². The fourth-order valence-electron chi connectivity index (χ4n) is 1.94. The molecule has 1 heterocycles. The molecule has 0 radical (unpaired) electrons. The van der Waals surface area contributed by atoms with E-state index in [9.17, 15) is 0 Å².